The zero-order chi connectivity index (χ0) is 18.7. The molecule has 1 aromatic heterocycles. The van der Waals surface area contributed by atoms with Crippen LogP contribution >= 0.6 is 0 Å². The molecule has 1 saturated heterocycles. The van der Waals surface area contributed by atoms with Crippen LogP contribution in [0.5, 0.6) is 0 Å². The Bertz CT molecular complexity index is 766. The van der Waals surface area contributed by atoms with Gasteiger partial charge in [0, 0.05) is 11.9 Å². The number of fused-ring (bicyclic) bond motifs is 1. The molecule has 2 aromatic rings. The van der Waals surface area contributed by atoms with Gasteiger partial charge in [0.05, 0.1) is 36.0 Å². The predicted octanol–water partition coefficient (Wildman–Crippen LogP) is 3.45. The lowest BCUT2D eigenvalue weighted by Crippen LogP contribution is -2.42. The fourth-order valence-electron chi connectivity index (χ4n) is 3.41. The van der Waals surface area contributed by atoms with Gasteiger partial charge in [-0.2, -0.15) is 5.10 Å². The molecule has 1 aliphatic rings. The standard InChI is InChI=1S/C20H30N4O2/c1-14(2)9-10-24-18-8-6-5-7-16(18)17(23-24)12-21-19(25)22-15-11-20(3,4)26-13-15/h5-8,14-15H,9-13H2,1-4H3,(H2,21,22,25). The second-order valence-corrected chi connectivity index (χ2v) is 8.17. The molecule has 142 valence electrons. The van der Waals surface area contributed by atoms with Gasteiger partial charge in [-0.15, -0.1) is 0 Å². The van der Waals surface area contributed by atoms with Crippen LogP contribution < -0.4 is 10.6 Å². The topological polar surface area (TPSA) is 68.2 Å². The summed E-state index contributed by atoms with van der Waals surface area (Å²) in [7, 11) is 0. The summed E-state index contributed by atoms with van der Waals surface area (Å²) in [5.74, 6) is 0.628. The van der Waals surface area contributed by atoms with E-state index in [0.717, 1.165) is 36.0 Å². The number of aryl methyl sites for hydroxylation is 1. The zero-order valence-corrected chi connectivity index (χ0v) is 16.2. The predicted molar refractivity (Wildman–Crippen MR) is 103 cm³/mol. The lowest BCUT2D eigenvalue weighted by Gasteiger charge is -2.16. The molecule has 6 nitrogen and oxygen atoms in total. The van der Waals surface area contributed by atoms with Crippen molar-refractivity contribution < 1.29 is 9.53 Å². The number of para-hydroxylation sites is 1. The zero-order valence-electron chi connectivity index (χ0n) is 16.2. The normalized spacial score (nSPS) is 19.2. The molecule has 2 heterocycles. The van der Waals surface area contributed by atoms with Gasteiger partial charge < -0.3 is 15.4 Å². The first-order chi connectivity index (χ1) is 12.3. The Morgan fingerprint density at radius 1 is 1.38 bits per heavy atom. The molecule has 1 aromatic carbocycles. The highest BCUT2D eigenvalue weighted by Crippen LogP contribution is 2.24. The highest BCUT2D eigenvalue weighted by atomic mass is 16.5. The molecule has 0 spiro atoms. The second kappa shape index (κ2) is 7.66. The molecule has 3 rings (SSSR count). The van der Waals surface area contributed by atoms with E-state index in [2.05, 4.69) is 41.3 Å². The highest BCUT2D eigenvalue weighted by Gasteiger charge is 2.32. The maximum absolute atomic E-state index is 12.2. The van der Waals surface area contributed by atoms with E-state index in [0.29, 0.717) is 19.1 Å². The minimum atomic E-state index is -0.169. The number of hydrogen-bond donors (Lipinski definition) is 2. The summed E-state index contributed by atoms with van der Waals surface area (Å²) in [6.07, 6.45) is 1.91. The Labute approximate surface area is 155 Å². The molecular formula is C20H30N4O2. The van der Waals surface area contributed by atoms with Crippen LogP contribution in [0.2, 0.25) is 0 Å². The molecule has 0 saturated carbocycles. The van der Waals surface area contributed by atoms with Gasteiger partial charge in [0.1, 0.15) is 0 Å². The van der Waals surface area contributed by atoms with Crippen molar-refractivity contribution in [1.82, 2.24) is 20.4 Å². The van der Waals surface area contributed by atoms with Gasteiger partial charge in [0.25, 0.3) is 0 Å². The van der Waals surface area contributed by atoms with Crippen molar-refractivity contribution in [3.63, 3.8) is 0 Å². The number of hydrogen-bond acceptors (Lipinski definition) is 3. The number of urea groups is 1. The average molecular weight is 358 g/mol. The minimum Gasteiger partial charge on any atom is -0.373 e. The fraction of sp³-hybridized carbons (Fsp3) is 0.600. The van der Waals surface area contributed by atoms with E-state index < -0.39 is 0 Å². The number of nitrogens with zero attached hydrogens (tertiary/aromatic N) is 2. The molecule has 2 N–H and O–H groups in total. The van der Waals surface area contributed by atoms with Gasteiger partial charge in [-0.05, 0) is 38.7 Å². The summed E-state index contributed by atoms with van der Waals surface area (Å²) in [5.41, 5.74) is 1.86. The van der Waals surface area contributed by atoms with Gasteiger partial charge in [0.2, 0.25) is 0 Å². The molecule has 1 aliphatic heterocycles. The number of rotatable bonds is 6. The van der Waals surface area contributed by atoms with Gasteiger partial charge >= 0.3 is 6.03 Å². The van der Waals surface area contributed by atoms with Crippen molar-refractivity contribution in [2.75, 3.05) is 6.61 Å². The third-order valence-electron chi connectivity index (χ3n) is 4.82. The quantitative estimate of drug-likeness (QED) is 0.831. The molecule has 26 heavy (non-hydrogen) atoms. The molecule has 2 amide bonds. The van der Waals surface area contributed by atoms with Crippen molar-refractivity contribution in [2.24, 2.45) is 5.92 Å². The van der Waals surface area contributed by atoms with Crippen LogP contribution in [0, 0.1) is 5.92 Å². The maximum Gasteiger partial charge on any atom is 0.315 e. The van der Waals surface area contributed by atoms with E-state index >= 15 is 0 Å². The van der Waals surface area contributed by atoms with E-state index in [9.17, 15) is 4.79 Å². The molecule has 1 fully saturated rings. The Morgan fingerprint density at radius 3 is 2.85 bits per heavy atom. The minimum absolute atomic E-state index is 0.0605. The van der Waals surface area contributed by atoms with Crippen molar-refractivity contribution in [2.45, 2.75) is 65.3 Å². The van der Waals surface area contributed by atoms with Crippen LogP contribution in [0.3, 0.4) is 0 Å². The monoisotopic (exact) mass is 358 g/mol. The van der Waals surface area contributed by atoms with Crippen molar-refractivity contribution in [1.29, 1.82) is 0 Å². The number of aromatic nitrogens is 2. The summed E-state index contributed by atoms with van der Waals surface area (Å²) in [4.78, 5) is 12.2. The number of nitrogens with one attached hydrogen (secondary N) is 2. The van der Waals surface area contributed by atoms with Gasteiger partial charge in [-0.1, -0.05) is 32.0 Å². The van der Waals surface area contributed by atoms with Gasteiger partial charge in [-0.3, -0.25) is 4.68 Å². The van der Waals surface area contributed by atoms with E-state index in [1.54, 1.807) is 0 Å². The van der Waals surface area contributed by atoms with Crippen LogP contribution in [0.4, 0.5) is 4.79 Å². The first kappa shape index (κ1) is 18.7. The molecular weight excluding hydrogens is 328 g/mol. The van der Waals surface area contributed by atoms with E-state index in [1.165, 1.54) is 0 Å². The lowest BCUT2D eigenvalue weighted by molar-refractivity contribution is 0.0358. The summed E-state index contributed by atoms with van der Waals surface area (Å²) >= 11 is 0. The van der Waals surface area contributed by atoms with Gasteiger partial charge in [0.15, 0.2) is 0 Å². The summed E-state index contributed by atoms with van der Waals surface area (Å²) < 4.78 is 7.72. The van der Waals surface area contributed by atoms with E-state index in [1.807, 2.05) is 26.0 Å². The number of amides is 2. The lowest BCUT2D eigenvalue weighted by atomic mass is 10.0. The van der Waals surface area contributed by atoms with Crippen molar-refractivity contribution >= 4 is 16.9 Å². The van der Waals surface area contributed by atoms with E-state index in [4.69, 9.17) is 9.84 Å². The Balaban J connectivity index is 1.62. The molecule has 0 radical (unpaired) electrons. The van der Waals surface area contributed by atoms with Crippen LogP contribution in [0.15, 0.2) is 24.3 Å². The smallest absolute Gasteiger partial charge is 0.315 e. The average Bonchev–Trinajstić information content (AvgIpc) is 3.11. The van der Waals surface area contributed by atoms with Crippen LogP contribution in [-0.4, -0.2) is 34.1 Å². The summed E-state index contributed by atoms with van der Waals surface area (Å²) in [5, 5.41) is 11.8. The highest BCUT2D eigenvalue weighted by molar-refractivity contribution is 5.82. The first-order valence-corrected chi connectivity index (χ1v) is 9.47. The van der Waals surface area contributed by atoms with Gasteiger partial charge in [-0.25, -0.2) is 4.79 Å². The Morgan fingerprint density at radius 2 is 2.15 bits per heavy atom. The molecule has 1 unspecified atom stereocenters. The molecule has 0 bridgehead atoms. The summed E-state index contributed by atoms with van der Waals surface area (Å²) in [6.45, 7) is 10.4. The first-order valence-electron chi connectivity index (χ1n) is 9.47. The molecule has 6 heteroatoms. The third kappa shape index (κ3) is 4.55. The summed E-state index contributed by atoms with van der Waals surface area (Å²) in [6, 6.07) is 8.09. The number of benzene rings is 1. The number of ether oxygens (including phenoxy) is 1. The Hall–Kier alpha value is -2.08. The Kier molecular flexibility index (Phi) is 5.51. The largest absolute Gasteiger partial charge is 0.373 e. The van der Waals surface area contributed by atoms with Crippen molar-refractivity contribution in [3.8, 4) is 0 Å². The number of carbonyl (C=O) groups is 1. The van der Waals surface area contributed by atoms with Crippen molar-refractivity contribution in [3.05, 3.63) is 30.0 Å². The fourth-order valence-corrected chi connectivity index (χ4v) is 3.41. The van der Waals surface area contributed by atoms with Crippen LogP contribution in [0.25, 0.3) is 10.9 Å². The molecule has 1 atom stereocenters. The van der Waals surface area contributed by atoms with Crippen LogP contribution in [-0.2, 0) is 17.8 Å². The van der Waals surface area contributed by atoms with E-state index in [-0.39, 0.29) is 17.7 Å². The maximum atomic E-state index is 12.2. The number of carbonyl (C=O) groups excluding carboxylic acids is 1. The third-order valence-corrected chi connectivity index (χ3v) is 4.82. The second-order valence-electron chi connectivity index (χ2n) is 8.17. The molecule has 0 aliphatic carbocycles. The SMILES string of the molecule is CC(C)CCn1nc(CNC(=O)NC2COC(C)(C)C2)c2ccccc21. The van der Waals surface area contributed by atoms with Crippen LogP contribution in [0.1, 0.15) is 46.2 Å².